The number of hydrogen-bond donors (Lipinski definition) is 1. The Morgan fingerprint density at radius 3 is 2.49 bits per heavy atom. The normalized spacial score (nSPS) is 15.9. The molecule has 206 valence electrons. The molecule has 1 N–H and O–H groups in total. The number of aromatic nitrogens is 4. The van der Waals surface area contributed by atoms with Crippen molar-refractivity contribution in [2.75, 3.05) is 33.9 Å². The topological polar surface area (TPSA) is 111 Å². The third-order valence-electron chi connectivity index (χ3n) is 6.00. The number of pyridine rings is 2. The second kappa shape index (κ2) is 12.1. The van der Waals surface area contributed by atoms with Gasteiger partial charge in [-0.1, -0.05) is 29.5 Å². The number of halogens is 3. The third-order valence-corrected chi connectivity index (χ3v) is 6.00. The Kier molecular flexibility index (Phi) is 8.62. The molecule has 0 spiro atoms. The Morgan fingerprint density at radius 1 is 1.10 bits per heavy atom. The van der Waals surface area contributed by atoms with E-state index in [9.17, 15) is 13.2 Å². The lowest BCUT2D eigenvalue weighted by Crippen LogP contribution is -2.38. The van der Waals surface area contributed by atoms with Crippen LogP contribution in [0.4, 0.5) is 13.2 Å². The Labute approximate surface area is 221 Å². The summed E-state index contributed by atoms with van der Waals surface area (Å²) in [6.07, 6.45) is -1.49. The summed E-state index contributed by atoms with van der Waals surface area (Å²) in [6, 6.07) is 16.1. The minimum atomic E-state index is -5.08. The Balaban J connectivity index is 0.000000448. The van der Waals surface area contributed by atoms with Crippen LogP contribution in [0, 0.1) is 0 Å². The summed E-state index contributed by atoms with van der Waals surface area (Å²) < 4.78 is 50.3. The highest BCUT2D eigenvalue weighted by Gasteiger charge is 2.38. The summed E-state index contributed by atoms with van der Waals surface area (Å²) in [4.78, 5) is 15.5. The van der Waals surface area contributed by atoms with Gasteiger partial charge >= 0.3 is 12.1 Å². The summed E-state index contributed by atoms with van der Waals surface area (Å²) >= 11 is 0. The molecule has 1 atom stereocenters. The van der Waals surface area contributed by atoms with Gasteiger partial charge in [0.15, 0.2) is 0 Å². The van der Waals surface area contributed by atoms with Crippen molar-refractivity contribution in [1.29, 1.82) is 0 Å². The largest absolute Gasteiger partial charge is 0.497 e. The number of ether oxygens (including phenoxy) is 3. The second-order valence-corrected chi connectivity index (χ2v) is 8.52. The van der Waals surface area contributed by atoms with Crippen molar-refractivity contribution in [1.82, 2.24) is 24.7 Å². The van der Waals surface area contributed by atoms with Crippen LogP contribution in [0.1, 0.15) is 17.4 Å². The van der Waals surface area contributed by atoms with E-state index in [-0.39, 0.29) is 6.10 Å². The van der Waals surface area contributed by atoms with Gasteiger partial charge in [-0.2, -0.15) is 13.2 Å². The number of carboxylic acids is 1. The Hall–Kier alpha value is -4.23. The molecular formula is C26H26F3N5O5. The van der Waals surface area contributed by atoms with Gasteiger partial charge in [-0.25, -0.2) is 14.3 Å². The number of alkyl halides is 3. The lowest BCUT2D eigenvalue weighted by atomic mass is 10.1. The molecule has 5 rings (SSSR count). The zero-order valence-electron chi connectivity index (χ0n) is 21.1. The van der Waals surface area contributed by atoms with E-state index in [1.807, 2.05) is 47.1 Å². The molecule has 0 bridgehead atoms. The highest BCUT2D eigenvalue weighted by Crippen LogP contribution is 2.28. The highest BCUT2D eigenvalue weighted by molar-refractivity contribution is 5.73. The molecule has 0 aliphatic carbocycles. The van der Waals surface area contributed by atoms with Crippen molar-refractivity contribution in [2.24, 2.45) is 0 Å². The molecule has 3 aromatic heterocycles. The average molecular weight is 546 g/mol. The van der Waals surface area contributed by atoms with Crippen LogP contribution in [-0.4, -0.2) is 75.9 Å². The maximum atomic E-state index is 10.6. The van der Waals surface area contributed by atoms with Crippen LogP contribution in [0.15, 0.2) is 60.9 Å². The molecule has 0 amide bonds. The number of aliphatic carboxylic acids is 1. The first-order chi connectivity index (χ1) is 18.7. The molecule has 1 saturated heterocycles. The maximum absolute atomic E-state index is 10.6. The highest BCUT2D eigenvalue weighted by atomic mass is 19.4. The van der Waals surface area contributed by atoms with Gasteiger partial charge in [0.1, 0.15) is 17.5 Å². The zero-order chi connectivity index (χ0) is 28.0. The number of morpholine rings is 1. The fraction of sp³-hybridized carbons (Fsp3) is 0.308. The van der Waals surface area contributed by atoms with E-state index in [1.165, 1.54) is 0 Å². The first-order valence-electron chi connectivity index (χ1n) is 11.8. The molecule has 4 aromatic rings. The van der Waals surface area contributed by atoms with Gasteiger partial charge in [-0.15, -0.1) is 5.10 Å². The Bertz CT molecular complexity index is 1410. The van der Waals surface area contributed by atoms with Gasteiger partial charge in [0, 0.05) is 43.2 Å². The van der Waals surface area contributed by atoms with Crippen molar-refractivity contribution in [3.8, 4) is 22.8 Å². The molecule has 0 saturated carbocycles. The predicted octanol–water partition coefficient (Wildman–Crippen LogP) is 4.02. The van der Waals surface area contributed by atoms with Gasteiger partial charge in [0.25, 0.3) is 0 Å². The lowest BCUT2D eigenvalue weighted by molar-refractivity contribution is -0.192. The van der Waals surface area contributed by atoms with Crippen LogP contribution >= 0.6 is 0 Å². The van der Waals surface area contributed by atoms with E-state index in [0.29, 0.717) is 12.5 Å². The maximum Gasteiger partial charge on any atom is 0.490 e. The molecular weight excluding hydrogens is 519 g/mol. The number of fused-ring (bicyclic) bond motifs is 1. The first kappa shape index (κ1) is 27.8. The van der Waals surface area contributed by atoms with Crippen molar-refractivity contribution < 1.29 is 37.3 Å². The van der Waals surface area contributed by atoms with Crippen LogP contribution in [0.3, 0.4) is 0 Å². The smallest absolute Gasteiger partial charge is 0.490 e. The third kappa shape index (κ3) is 6.81. The SMILES string of the molecule is COc1ccc(-c2ccc3c(C4CN(Cc5cccnc5OC)CCO4)nnn3c2)cc1.O=C(O)C(F)(F)F. The van der Waals surface area contributed by atoms with E-state index in [1.54, 1.807) is 20.4 Å². The van der Waals surface area contributed by atoms with Gasteiger partial charge in [0.2, 0.25) is 5.88 Å². The molecule has 1 unspecified atom stereocenters. The van der Waals surface area contributed by atoms with E-state index < -0.39 is 12.1 Å². The summed E-state index contributed by atoms with van der Waals surface area (Å²) in [5, 5.41) is 15.9. The minimum Gasteiger partial charge on any atom is -0.497 e. The molecule has 1 aromatic carbocycles. The molecule has 0 radical (unpaired) electrons. The molecule has 39 heavy (non-hydrogen) atoms. The van der Waals surface area contributed by atoms with E-state index >= 15 is 0 Å². The number of nitrogens with zero attached hydrogens (tertiary/aromatic N) is 5. The molecule has 4 heterocycles. The summed E-state index contributed by atoms with van der Waals surface area (Å²) in [5.74, 6) is -1.26. The molecule has 1 fully saturated rings. The van der Waals surface area contributed by atoms with Crippen LogP contribution < -0.4 is 9.47 Å². The predicted molar refractivity (Wildman–Crippen MR) is 133 cm³/mol. The minimum absolute atomic E-state index is 0.143. The number of benzene rings is 1. The van der Waals surface area contributed by atoms with E-state index in [4.69, 9.17) is 24.1 Å². The van der Waals surface area contributed by atoms with Gasteiger partial charge < -0.3 is 19.3 Å². The van der Waals surface area contributed by atoms with Crippen LogP contribution in [0.2, 0.25) is 0 Å². The summed E-state index contributed by atoms with van der Waals surface area (Å²) in [7, 11) is 3.32. The fourth-order valence-corrected chi connectivity index (χ4v) is 4.08. The monoisotopic (exact) mass is 545 g/mol. The molecule has 1 aliphatic heterocycles. The Morgan fingerprint density at radius 2 is 1.82 bits per heavy atom. The summed E-state index contributed by atoms with van der Waals surface area (Å²) in [5.41, 5.74) is 5.02. The zero-order valence-corrected chi connectivity index (χ0v) is 21.1. The fourth-order valence-electron chi connectivity index (χ4n) is 4.08. The molecule has 1 aliphatic rings. The standard InChI is InChI=1S/C24H25N5O3.C2HF3O2/c1-30-20-8-5-17(6-9-20)18-7-10-21-23(26-27-29(21)15-18)22-16-28(12-13-32-22)14-19-4-3-11-25-24(19)31-2;3-2(4,5)1(6)7/h3-11,15,22H,12-14,16H2,1-2H3;(H,6,7). The van der Waals surface area contributed by atoms with Gasteiger partial charge in [-0.05, 0) is 29.8 Å². The second-order valence-electron chi connectivity index (χ2n) is 8.52. The number of methoxy groups -OCH3 is 2. The first-order valence-corrected chi connectivity index (χ1v) is 11.8. The van der Waals surface area contributed by atoms with E-state index in [2.05, 4.69) is 32.3 Å². The number of hydrogen-bond acceptors (Lipinski definition) is 8. The quantitative estimate of drug-likeness (QED) is 0.384. The number of carbonyl (C=O) groups is 1. The van der Waals surface area contributed by atoms with E-state index in [0.717, 1.165) is 53.3 Å². The molecule has 10 nitrogen and oxygen atoms in total. The van der Waals surface area contributed by atoms with Gasteiger partial charge in [-0.3, -0.25) is 4.90 Å². The van der Waals surface area contributed by atoms with Crippen molar-refractivity contribution >= 4 is 11.5 Å². The van der Waals surface area contributed by atoms with Gasteiger partial charge in [0.05, 0.1) is 26.3 Å². The molecule has 13 heteroatoms. The summed E-state index contributed by atoms with van der Waals surface area (Å²) in [6.45, 7) is 2.95. The van der Waals surface area contributed by atoms with Crippen molar-refractivity contribution in [2.45, 2.75) is 18.8 Å². The van der Waals surface area contributed by atoms with Crippen molar-refractivity contribution in [3.63, 3.8) is 0 Å². The number of rotatable bonds is 6. The lowest BCUT2D eigenvalue weighted by Gasteiger charge is -2.32. The van der Waals surface area contributed by atoms with Crippen LogP contribution in [0.5, 0.6) is 11.6 Å². The van der Waals surface area contributed by atoms with Crippen LogP contribution in [-0.2, 0) is 16.1 Å². The average Bonchev–Trinajstić information content (AvgIpc) is 3.37. The number of carboxylic acid groups (broad SMARTS) is 1. The van der Waals surface area contributed by atoms with Crippen molar-refractivity contribution in [3.05, 3.63) is 72.2 Å². The van der Waals surface area contributed by atoms with Crippen LogP contribution in [0.25, 0.3) is 16.6 Å².